The van der Waals surface area contributed by atoms with Crippen molar-refractivity contribution in [1.29, 1.82) is 0 Å². The number of methoxy groups -OCH3 is 2. The third-order valence-corrected chi connectivity index (χ3v) is 4.18. The quantitative estimate of drug-likeness (QED) is 0.379. The Kier molecular flexibility index (Phi) is 5.10. The second-order valence-corrected chi connectivity index (χ2v) is 5.60. The molecule has 0 aliphatic heterocycles. The molecular weight excluding hydrogens is 332 g/mol. The highest BCUT2D eigenvalue weighted by Gasteiger charge is 2.21. The summed E-state index contributed by atoms with van der Waals surface area (Å²) in [6.07, 6.45) is 2.29. The molecule has 0 atom stereocenters. The standard InChI is InChI=1S/C19H18N4O3/c1-25-16-9-8-15-14(10-11-21-22-20)12-23(17(15)18(16)26-2)19(24)13-6-4-3-5-7-13/h3-9,12H,10-11H2,1-2H3. The van der Waals surface area contributed by atoms with E-state index in [9.17, 15) is 4.79 Å². The second kappa shape index (κ2) is 7.63. The van der Waals surface area contributed by atoms with E-state index in [1.807, 2.05) is 24.3 Å². The third kappa shape index (κ3) is 3.08. The molecule has 0 unspecified atom stereocenters. The third-order valence-electron chi connectivity index (χ3n) is 4.18. The van der Waals surface area contributed by atoms with Crippen LogP contribution < -0.4 is 9.47 Å². The molecule has 3 rings (SSSR count). The van der Waals surface area contributed by atoms with Crippen molar-refractivity contribution in [2.45, 2.75) is 6.42 Å². The first kappa shape index (κ1) is 17.4. The van der Waals surface area contributed by atoms with Crippen LogP contribution in [0.4, 0.5) is 0 Å². The second-order valence-electron chi connectivity index (χ2n) is 5.60. The lowest BCUT2D eigenvalue weighted by molar-refractivity contribution is 0.0964. The summed E-state index contributed by atoms with van der Waals surface area (Å²) in [6, 6.07) is 12.7. The molecule has 0 spiro atoms. The van der Waals surface area contributed by atoms with Crippen molar-refractivity contribution in [1.82, 2.24) is 4.57 Å². The van der Waals surface area contributed by atoms with Gasteiger partial charge in [0.1, 0.15) is 5.52 Å². The zero-order valence-corrected chi connectivity index (χ0v) is 14.5. The molecule has 1 aromatic heterocycles. The number of azide groups is 1. The van der Waals surface area contributed by atoms with Crippen molar-refractivity contribution in [2.24, 2.45) is 5.11 Å². The van der Waals surface area contributed by atoms with Crippen molar-refractivity contribution in [3.05, 3.63) is 70.2 Å². The predicted octanol–water partition coefficient (Wildman–Crippen LogP) is 4.20. The maximum Gasteiger partial charge on any atom is 0.262 e. The van der Waals surface area contributed by atoms with Gasteiger partial charge in [-0.15, -0.1) is 0 Å². The molecule has 0 amide bonds. The number of rotatable bonds is 6. The van der Waals surface area contributed by atoms with Crippen LogP contribution >= 0.6 is 0 Å². The minimum Gasteiger partial charge on any atom is -0.493 e. The summed E-state index contributed by atoms with van der Waals surface area (Å²) in [7, 11) is 3.10. The molecule has 0 N–H and O–H groups in total. The van der Waals surface area contributed by atoms with E-state index in [1.165, 1.54) is 0 Å². The monoisotopic (exact) mass is 350 g/mol. The Morgan fingerprint density at radius 3 is 2.58 bits per heavy atom. The number of fused-ring (bicyclic) bond motifs is 1. The Labute approximate surface area is 150 Å². The lowest BCUT2D eigenvalue weighted by Gasteiger charge is -2.11. The van der Waals surface area contributed by atoms with Crippen LogP contribution in [0.3, 0.4) is 0 Å². The Hall–Kier alpha value is -3.44. The van der Waals surface area contributed by atoms with E-state index in [4.69, 9.17) is 15.0 Å². The lowest BCUT2D eigenvalue weighted by atomic mass is 10.1. The summed E-state index contributed by atoms with van der Waals surface area (Å²) in [5, 5.41) is 4.45. The first-order chi connectivity index (χ1) is 12.7. The molecule has 0 aliphatic carbocycles. The van der Waals surface area contributed by atoms with Crippen molar-refractivity contribution in [3.8, 4) is 11.5 Å². The fourth-order valence-corrected chi connectivity index (χ4v) is 2.99. The average Bonchev–Trinajstić information content (AvgIpc) is 3.06. The van der Waals surface area contributed by atoms with Crippen LogP contribution in [-0.4, -0.2) is 31.2 Å². The van der Waals surface area contributed by atoms with E-state index in [2.05, 4.69) is 10.0 Å². The van der Waals surface area contributed by atoms with Gasteiger partial charge >= 0.3 is 0 Å². The van der Waals surface area contributed by atoms with Crippen LogP contribution in [0, 0.1) is 0 Å². The number of nitrogens with zero attached hydrogens (tertiary/aromatic N) is 4. The number of hydrogen-bond donors (Lipinski definition) is 0. The fourth-order valence-electron chi connectivity index (χ4n) is 2.99. The molecule has 2 aromatic carbocycles. The zero-order valence-electron chi connectivity index (χ0n) is 14.5. The van der Waals surface area contributed by atoms with Crippen LogP contribution in [0.5, 0.6) is 11.5 Å². The molecular formula is C19H18N4O3. The van der Waals surface area contributed by atoms with E-state index >= 15 is 0 Å². The summed E-state index contributed by atoms with van der Waals surface area (Å²) < 4.78 is 12.5. The van der Waals surface area contributed by atoms with Gasteiger partial charge in [0, 0.05) is 28.6 Å². The maximum absolute atomic E-state index is 13.1. The number of hydrogen-bond acceptors (Lipinski definition) is 4. The predicted molar refractivity (Wildman–Crippen MR) is 98.9 cm³/mol. The molecule has 0 fully saturated rings. The van der Waals surface area contributed by atoms with Crippen LogP contribution in [-0.2, 0) is 6.42 Å². The molecule has 0 bridgehead atoms. The van der Waals surface area contributed by atoms with Crippen LogP contribution in [0.1, 0.15) is 15.9 Å². The Balaban J connectivity index is 2.22. The van der Waals surface area contributed by atoms with E-state index < -0.39 is 0 Å². The van der Waals surface area contributed by atoms with E-state index in [0.29, 0.717) is 35.5 Å². The summed E-state index contributed by atoms with van der Waals surface area (Å²) in [5.74, 6) is 0.864. The average molecular weight is 350 g/mol. The summed E-state index contributed by atoms with van der Waals surface area (Å²) in [6.45, 7) is 0.309. The van der Waals surface area contributed by atoms with Gasteiger partial charge in [-0.05, 0) is 41.8 Å². The van der Waals surface area contributed by atoms with Gasteiger partial charge in [-0.25, -0.2) is 0 Å². The van der Waals surface area contributed by atoms with Crippen LogP contribution in [0.25, 0.3) is 21.3 Å². The van der Waals surface area contributed by atoms with Crippen LogP contribution in [0.15, 0.2) is 53.8 Å². The highest BCUT2D eigenvalue weighted by atomic mass is 16.5. The zero-order chi connectivity index (χ0) is 18.5. The molecule has 132 valence electrons. The molecule has 7 heteroatoms. The number of carbonyl (C=O) groups is 1. The number of carbonyl (C=O) groups excluding carboxylic acids is 1. The molecule has 1 heterocycles. The lowest BCUT2D eigenvalue weighted by Crippen LogP contribution is -2.11. The van der Waals surface area contributed by atoms with E-state index in [1.54, 1.807) is 43.2 Å². The van der Waals surface area contributed by atoms with E-state index in [-0.39, 0.29) is 5.91 Å². The number of benzene rings is 2. The molecule has 3 aromatic rings. The SMILES string of the molecule is COc1ccc2c(CCN=[N+]=[N-])cn(C(=O)c3ccccc3)c2c1OC. The first-order valence-electron chi connectivity index (χ1n) is 8.06. The van der Waals surface area contributed by atoms with Crippen molar-refractivity contribution in [3.63, 3.8) is 0 Å². The minimum atomic E-state index is -0.169. The van der Waals surface area contributed by atoms with Crippen LogP contribution in [0.2, 0.25) is 0 Å². The topological polar surface area (TPSA) is 89.2 Å². The summed E-state index contributed by atoms with van der Waals surface area (Å²) in [5.41, 5.74) is 10.6. The van der Waals surface area contributed by atoms with Crippen molar-refractivity contribution in [2.75, 3.05) is 20.8 Å². The maximum atomic E-state index is 13.1. The summed E-state index contributed by atoms with van der Waals surface area (Å²) in [4.78, 5) is 15.8. The Bertz CT molecular complexity index is 989. The van der Waals surface area contributed by atoms with Gasteiger partial charge in [0.2, 0.25) is 0 Å². The molecule has 0 aliphatic rings. The Morgan fingerprint density at radius 1 is 1.15 bits per heavy atom. The van der Waals surface area contributed by atoms with Gasteiger partial charge in [-0.3, -0.25) is 9.36 Å². The molecule has 7 nitrogen and oxygen atoms in total. The molecule has 0 saturated carbocycles. The van der Waals surface area contributed by atoms with Crippen molar-refractivity contribution >= 4 is 16.8 Å². The normalized spacial score (nSPS) is 10.4. The fraction of sp³-hybridized carbons (Fsp3) is 0.211. The summed E-state index contributed by atoms with van der Waals surface area (Å²) >= 11 is 0. The highest BCUT2D eigenvalue weighted by Crippen LogP contribution is 2.38. The van der Waals surface area contributed by atoms with Gasteiger partial charge in [-0.1, -0.05) is 23.3 Å². The van der Waals surface area contributed by atoms with E-state index in [0.717, 1.165) is 10.9 Å². The van der Waals surface area contributed by atoms with Gasteiger partial charge in [0.05, 0.1) is 14.2 Å². The highest BCUT2D eigenvalue weighted by molar-refractivity contribution is 6.05. The van der Waals surface area contributed by atoms with Gasteiger partial charge in [0.25, 0.3) is 5.91 Å². The largest absolute Gasteiger partial charge is 0.493 e. The smallest absolute Gasteiger partial charge is 0.262 e. The number of ether oxygens (including phenoxy) is 2. The van der Waals surface area contributed by atoms with Gasteiger partial charge in [-0.2, -0.15) is 0 Å². The van der Waals surface area contributed by atoms with Crippen molar-refractivity contribution < 1.29 is 14.3 Å². The minimum absolute atomic E-state index is 0.169. The molecule has 0 saturated heterocycles. The first-order valence-corrected chi connectivity index (χ1v) is 8.06. The molecule has 26 heavy (non-hydrogen) atoms. The van der Waals surface area contributed by atoms with Gasteiger partial charge < -0.3 is 9.47 Å². The van der Waals surface area contributed by atoms with Gasteiger partial charge in [0.15, 0.2) is 11.5 Å². The Morgan fingerprint density at radius 2 is 1.92 bits per heavy atom. The molecule has 0 radical (unpaired) electrons. The number of aromatic nitrogens is 1.